The van der Waals surface area contributed by atoms with Gasteiger partial charge in [-0.3, -0.25) is 0 Å². The maximum absolute atomic E-state index is 13.7. The van der Waals surface area contributed by atoms with Gasteiger partial charge in [0, 0.05) is 5.56 Å². The number of anilines is 1. The molecule has 2 aromatic rings. The molecule has 0 bridgehead atoms. The monoisotopic (exact) mass is 229 g/mol. The van der Waals surface area contributed by atoms with Crippen molar-refractivity contribution in [1.29, 1.82) is 0 Å². The van der Waals surface area contributed by atoms with Crippen LogP contribution in [0.4, 0.5) is 10.2 Å². The van der Waals surface area contributed by atoms with E-state index in [4.69, 9.17) is 4.84 Å². The highest BCUT2D eigenvalue weighted by atomic mass is 19.2. The molecule has 17 heavy (non-hydrogen) atoms. The zero-order chi connectivity index (χ0) is 12.0. The number of fused-ring (bicyclic) bond motifs is 2. The number of benzene rings is 2. The molecular formula is C14H12FNO. The van der Waals surface area contributed by atoms with Gasteiger partial charge in [0.2, 0.25) is 0 Å². The van der Waals surface area contributed by atoms with Crippen LogP contribution in [0.5, 0.6) is 0 Å². The number of nitrogens with zero attached hydrogens (tertiary/aromatic N) is 1. The topological polar surface area (TPSA) is 12.5 Å². The number of rotatable bonds is 0. The van der Waals surface area contributed by atoms with Crippen LogP contribution in [0, 0.1) is 6.92 Å². The van der Waals surface area contributed by atoms with Crippen molar-refractivity contribution < 1.29 is 9.32 Å². The number of allylic oxidation sites excluding steroid dienone is 1. The zero-order valence-electron chi connectivity index (χ0n) is 9.70. The fraction of sp³-hybridized carbons (Fsp3) is 0.143. The predicted octanol–water partition coefficient (Wildman–Crippen LogP) is 4.15. The summed E-state index contributed by atoms with van der Waals surface area (Å²) in [5, 5.41) is 2.50. The first-order valence-electron chi connectivity index (χ1n) is 5.50. The molecule has 3 heteroatoms. The Hall–Kier alpha value is -2.03. The largest absolute Gasteiger partial charge is 0.357 e. The van der Waals surface area contributed by atoms with Gasteiger partial charge >= 0.3 is 0 Å². The lowest BCUT2D eigenvalue weighted by atomic mass is 9.95. The SMILES string of the molecule is CC1=CON(F)c2c1cc1ccccc1c2C. The highest BCUT2D eigenvalue weighted by molar-refractivity contribution is 5.95. The minimum absolute atomic E-state index is 0.337. The second-order valence-corrected chi connectivity index (χ2v) is 4.27. The molecular weight excluding hydrogens is 217 g/mol. The molecule has 86 valence electrons. The third kappa shape index (κ3) is 1.39. The van der Waals surface area contributed by atoms with Gasteiger partial charge in [-0.1, -0.05) is 28.7 Å². The molecule has 3 rings (SSSR count). The fourth-order valence-electron chi connectivity index (χ4n) is 2.29. The first-order valence-corrected chi connectivity index (χ1v) is 5.50. The number of aryl methyl sites for hydroxylation is 1. The Bertz CT molecular complexity index is 633. The van der Waals surface area contributed by atoms with Gasteiger partial charge in [-0.25, -0.2) is 0 Å². The van der Waals surface area contributed by atoms with Gasteiger partial charge in [0.15, 0.2) is 0 Å². The second kappa shape index (κ2) is 3.48. The first kappa shape index (κ1) is 10.1. The van der Waals surface area contributed by atoms with E-state index in [1.54, 1.807) is 0 Å². The lowest BCUT2D eigenvalue weighted by Crippen LogP contribution is -2.16. The summed E-state index contributed by atoms with van der Waals surface area (Å²) in [5.41, 5.74) is 3.22. The maximum Gasteiger partial charge on any atom is 0.126 e. The molecule has 1 aliphatic heterocycles. The van der Waals surface area contributed by atoms with Crippen LogP contribution in [-0.2, 0) is 4.84 Å². The lowest BCUT2D eigenvalue weighted by Gasteiger charge is -2.24. The molecule has 0 radical (unpaired) electrons. The van der Waals surface area contributed by atoms with E-state index >= 15 is 0 Å². The van der Waals surface area contributed by atoms with E-state index in [0.29, 0.717) is 11.0 Å². The van der Waals surface area contributed by atoms with Crippen molar-refractivity contribution in [1.82, 2.24) is 0 Å². The van der Waals surface area contributed by atoms with Crippen LogP contribution >= 0.6 is 0 Å². The zero-order valence-corrected chi connectivity index (χ0v) is 9.70. The van der Waals surface area contributed by atoms with E-state index in [-0.39, 0.29) is 0 Å². The number of halogens is 1. The Morgan fingerprint density at radius 3 is 2.76 bits per heavy atom. The third-order valence-corrected chi connectivity index (χ3v) is 3.20. The molecule has 1 aliphatic rings. The van der Waals surface area contributed by atoms with Crippen LogP contribution in [-0.4, -0.2) is 0 Å². The molecule has 1 heterocycles. The number of hydrogen-bond acceptors (Lipinski definition) is 2. The van der Waals surface area contributed by atoms with Crippen molar-refractivity contribution in [3.05, 3.63) is 47.7 Å². The van der Waals surface area contributed by atoms with Crippen molar-refractivity contribution in [2.45, 2.75) is 13.8 Å². The fourth-order valence-corrected chi connectivity index (χ4v) is 2.29. The quantitative estimate of drug-likeness (QED) is 0.629. The maximum atomic E-state index is 13.7. The molecule has 0 saturated heterocycles. The summed E-state index contributed by atoms with van der Waals surface area (Å²) >= 11 is 0. The van der Waals surface area contributed by atoms with E-state index in [2.05, 4.69) is 0 Å². The Kier molecular flexibility index (Phi) is 2.08. The van der Waals surface area contributed by atoms with E-state index < -0.39 is 0 Å². The summed E-state index contributed by atoms with van der Waals surface area (Å²) in [6.07, 6.45) is 1.43. The van der Waals surface area contributed by atoms with Gasteiger partial charge in [-0.2, -0.15) is 0 Å². The molecule has 2 nitrogen and oxygen atoms in total. The molecule has 0 fully saturated rings. The van der Waals surface area contributed by atoms with Crippen LogP contribution < -0.4 is 5.29 Å². The molecule has 0 atom stereocenters. The highest BCUT2D eigenvalue weighted by Crippen LogP contribution is 2.39. The molecule has 0 spiro atoms. The average Bonchev–Trinajstić information content (AvgIpc) is 2.34. The van der Waals surface area contributed by atoms with Crippen LogP contribution in [0.2, 0.25) is 0 Å². The van der Waals surface area contributed by atoms with Crippen LogP contribution in [0.25, 0.3) is 16.3 Å². The summed E-state index contributed by atoms with van der Waals surface area (Å²) in [4.78, 5) is 4.85. The summed E-state index contributed by atoms with van der Waals surface area (Å²) in [6, 6.07) is 9.97. The highest BCUT2D eigenvalue weighted by Gasteiger charge is 2.22. The first-order chi connectivity index (χ1) is 8.18. The van der Waals surface area contributed by atoms with Crippen molar-refractivity contribution in [2.24, 2.45) is 0 Å². The molecule has 0 unspecified atom stereocenters. The van der Waals surface area contributed by atoms with Crippen molar-refractivity contribution in [3.63, 3.8) is 0 Å². The summed E-state index contributed by atoms with van der Waals surface area (Å²) < 4.78 is 13.7. The van der Waals surface area contributed by atoms with Gasteiger partial charge in [0.25, 0.3) is 0 Å². The second-order valence-electron chi connectivity index (χ2n) is 4.27. The molecule has 0 amide bonds. The van der Waals surface area contributed by atoms with E-state index in [0.717, 1.165) is 27.5 Å². The van der Waals surface area contributed by atoms with Gasteiger partial charge in [0.05, 0.1) is 0 Å². The van der Waals surface area contributed by atoms with Crippen LogP contribution in [0.3, 0.4) is 0 Å². The predicted molar refractivity (Wildman–Crippen MR) is 67.0 cm³/mol. The lowest BCUT2D eigenvalue weighted by molar-refractivity contribution is 0.0909. The van der Waals surface area contributed by atoms with Gasteiger partial charge in [-0.15, -0.1) is 0 Å². The van der Waals surface area contributed by atoms with Crippen molar-refractivity contribution in [2.75, 3.05) is 5.29 Å². The Morgan fingerprint density at radius 1 is 1.18 bits per heavy atom. The van der Waals surface area contributed by atoms with E-state index in [1.807, 2.05) is 44.2 Å². The molecule has 0 N–H and O–H groups in total. The van der Waals surface area contributed by atoms with Gasteiger partial charge in [0.1, 0.15) is 11.9 Å². The van der Waals surface area contributed by atoms with Crippen LogP contribution in [0.1, 0.15) is 18.1 Å². The van der Waals surface area contributed by atoms with E-state index in [9.17, 15) is 4.48 Å². The standard InChI is InChI=1S/C14H12FNO/c1-9-8-17-16(15)14-10(2)12-6-4-3-5-11(12)7-13(9)14/h3-8H,1-2H3. The minimum atomic E-state index is 0.337. The summed E-state index contributed by atoms with van der Waals surface area (Å²) in [7, 11) is 0. The normalized spacial score (nSPS) is 14.3. The summed E-state index contributed by atoms with van der Waals surface area (Å²) in [6.45, 7) is 3.83. The smallest absolute Gasteiger partial charge is 0.126 e. The molecule has 0 aliphatic carbocycles. The summed E-state index contributed by atoms with van der Waals surface area (Å²) in [5.74, 6) is 0. The van der Waals surface area contributed by atoms with Crippen LogP contribution in [0.15, 0.2) is 36.6 Å². The Labute approximate surface area is 98.8 Å². The molecule has 0 saturated carbocycles. The van der Waals surface area contributed by atoms with Crippen molar-refractivity contribution in [3.8, 4) is 0 Å². The number of hydrogen-bond donors (Lipinski definition) is 0. The van der Waals surface area contributed by atoms with Gasteiger partial charge < -0.3 is 4.84 Å². The Balaban J connectivity index is 2.43. The van der Waals surface area contributed by atoms with Gasteiger partial charge in [-0.05, 0) is 47.1 Å². The van der Waals surface area contributed by atoms with E-state index in [1.165, 1.54) is 6.26 Å². The van der Waals surface area contributed by atoms with Crippen molar-refractivity contribution >= 4 is 22.0 Å². The molecule has 0 aromatic heterocycles. The third-order valence-electron chi connectivity index (χ3n) is 3.20. The average molecular weight is 229 g/mol. The minimum Gasteiger partial charge on any atom is -0.357 e. The Morgan fingerprint density at radius 2 is 1.94 bits per heavy atom. The molecule has 2 aromatic carbocycles.